The third kappa shape index (κ3) is 9.42. The van der Waals surface area contributed by atoms with Crippen molar-refractivity contribution in [3.63, 3.8) is 0 Å². The highest BCUT2D eigenvalue weighted by Crippen LogP contribution is 2.34. The minimum atomic E-state index is -4.29. The van der Waals surface area contributed by atoms with Gasteiger partial charge in [0.25, 0.3) is 0 Å². The number of aryl methyl sites for hydroxylation is 2. The Hall–Kier alpha value is -3.00. The number of piperazine rings is 1. The van der Waals surface area contributed by atoms with Crippen molar-refractivity contribution in [3.8, 4) is 5.75 Å². The van der Waals surface area contributed by atoms with Gasteiger partial charge >= 0.3 is 0 Å². The van der Waals surface area contributed by atoms with Crippen LogP contribution in [-0.2, 0) is 26.2 Å². The highest BCUT2D eigenvalue weighted by molar-refractivity contribution is 7.89. The number of hydrogen-bond donors (Lipinski definition) is 2. The Morgan fingerprint density at radius 3 is 2.37 bits per heavy atom. The highest BCUT2D eigenvalue weighted by Gasteiger charge is 2.39. The molecule has 0 spiro atoms. The second kappa shape index (κ2) is 15.9. The number of aromatic nitrogens is 1. The number of nitrogens with two attached hydrogens (primary N) is 1. The van der Waals surface area contributed by atoms with Crippen LogP contribution in [0.4, 0.5) is 0 Å². The third-order valence-electron chi connectivity index (χ3n) is 9.07. The molecule has 0 radical (unpaired) electrons. The van der Waals surface area contributed by atoms with Gasteiger partial charge in [0.1, 0.15) is 28.3 Å². The summed E-state index contributed by atoms with van der Waals surface area (Å²) < 4.78 is 36.0. The molecular weight excluding hydrogens is 687 g/mol. The van der Waals surface area contributed by atoms with E-state index in [1.54, 1.807) is 15.9 Å². The summed E-state index contributed by atoms with van der Waals surface area (Å²) in [5, 5.41) is 1.06. The van der Waals surface area contributed by atoms with E-state index in [9.17, 15) is 18.0 Å². The van der Waals surface area contributed by atoms with Gasteiger partial charge in [-0.05, 0) is 91.4 Å². The number of fused-ring (bicyclic) bond motifs is 1. The summed E-state index contributed by atoms with van der Waals surface area (Å²) in [7, 11) is -0.263. The number of sulfonamides is 1. The van der Waals surface area contributed by atoms with E-state index in [-0.39, 0.29) is 58.6 Å². The van der Waals surface area contributed by atoms with Crippen LogP contribution in [-0.4, -0.2) is 97.8 Å². The van der Waals surface area contributed by atoms with Crippen molar-refractivity contribution >= 4 is 55.9 Å². The summed E-state index contributed by atoms with van der Waals surface area (Å²) in [5.74, 6) is 0.0465. The zero-order valence-corrected chi connectivity index (χ0v) is 31.7. The predicted octanol–water partition coefficient (Wildman–Crippen LogP) is 4.91. The zero-order chi connectivity index (χ0) is 36.3. The van der Waals surface area contributed by atoms with Crippen molar-refractivity contribution in [2.45, 2.75) is 83.0 Å². The standard InChI is InChI=1S/C35H48Cl2N6O5S/c1-22-19-23(2)39-33-26(22)9-8-10-29(33)48-21-27-28(36)13-14-30(32(27)37)49(46,47)40-35(4,5)34(45)43-17-15-42(16-18-43)31(44)20-25(38)12-11-24(3)41(6)7/h8-10,13-14,19,24-25,40H,11-12,15-18,20-21,38H2,1-7H3. The first-order valence-electron chi connectivity index (χ1n) is 16.4. The molecule has 49 heavy (non-hydrogen) atoms. The van der Waals surface area contributed by atoms with Crippen molar-refractivity contribution in [1.82, 2.24) is 24.4 Å². The first-order chi connectivity index (χ1) is 22.9. The summed E-state index contributed by atoms with van der Waals surface area (Å²) in [5.41, 5.74) is 7.59. The molecule has 2 aromatic carbocycles. The number of nitrogens with zero attached hydrogens (tertiary/aromatic N) is 4. The Bertz CT molecular complexity index is 1790. The normalized spacial score (nSPS) is 15.5. The number of carbonyl (C=O) groups excluding carboxylic acids is 2. The monoisotopic (exact) mass is 734 g/mol. The average molecular weight is 736 g/mol. The molecule has 1 aliphatic rings. The zero-order valence-electron chi connectivity index (χ0n) is 29.3. The van der Waals surface area contributed by atoms with Crippen molar-refractivity contribution in [3.05, 3.63) is 63.3 Å². The predicted molar refractivity (Wildman–Crippen MR) is 195 cm³/mol. The molecule has 4 rings (SSSR count). The summed E-state index contributed by atoms with van der Waals surface area (Å²) >= 11 is 13.2. The molecular formula is C35H48Cl2N6O5S. The topological polar surface area (TPSA) is 138 Å². The van der Waals surface area contributed by atoms with Crippen LogP contribution in [0.15, 0.2) is 41.3 Å². The van der Waals surface area contributed by atoms with Crippen LogP contribution >= 0.6 is 23.2 Å². The number of pyridine rings is 1. The van der Waals surface area contributed by atoms with Gasteiger partial charge < -0.3 is 25.2 Å². The van der Waals surface area contributed by atoms with Crippen LogP contribution in [0.1, 0.15) is 56.9 Å². The van der Waals surface area contributed by atoms with E-state index >= 15 is 0 Å². The van der Waals surface area contributed by atoms with E-state index in [0.29, 0.717) is 30.4 Å². The lowest BCUT2D eigenvalue weighted by Gasteiger charge is -2.39. The lowest BCUT2D eigenvalue weighted by molar-refractivity contribution is -0.142. The number of nitrogens with one attached hydrogen (secondary N) is 1. The second-order valence-electron chi connectivity index (χ2n) is 13.6. The van der Waals surface area contributed by atoms with Crippen molar-refractivity contribution in [1.29, 1.82) is 0 Å². The van der Waals surface area contributed by atoms with E-state index in [2.05, 4.69) is 21.5 Å². The molecule has 14 heteroatoms. The molecule has 2 atom stereocenters. The number of ether oxygens (including phenoxy) is 1. The van der Waals surface area contributed by atoms with Gasteiger partial charge in [0.2, 0.25) is 21.8 Å². The van der Waals surface area contributed by atoms with E-state index in [1.165, 1.54) is 26.0 Å². The van der Waals surface area contributed by atoms with Crippen LogP contribution in [0.5, 0.6) is 5.75 Å². The molecule has 1 aromatic heterocycles. The van der Waals surface area contributed by atoms with Gasteiger partial charge in [0.15, 0.2) is 0 Å². The lowest BCUT2D eigenvalue weighted by Crippen LogP contribution is -2.60. The second-order valence-corrected chi connectivity index (χ2v) is 16.1. The van der Waals surface area contributed by atoms with E-state index < -0.39 is 21.5 Å². The molecule has 2 amide bonds. The molecule has 3 aromatic rings. The summed E-state index contributed by atoms with van der Waals surface area (Å²) in [6.45, 7) is 10.1. The Morgan fingerprint density at radius 1 is 1.06 bits per heavy atom. The molecule has 0 saturated carbocycles. The maximum absolute atomic E-state index is 13.7. The van der Waals surface area contributed by atoms with Gasteiger partial charge in [-0.2, -0.15) is 4.72 Å². The SMILES string of the molecule is Cc1cc(C)c2cccc(OCc3c(Cl)ccc(S(=O)(=O)NC(C)(C)C(=O)N4CCN(C(=O)CC(N)CCC(C)N(C)C)CC4)c3Cl)c2n1. The lowest BCUT2D eigenvalue weighted by atomic mass is 10.0. The maximum Gasteiger partial charge on any atom is 0.243 e. The average Bonchev–Trinajstić information content (AvgIpc) is 3.02. The number of rotatable bonds is 13. The Labute approximate surface area is 300 Å². The number of carbonyl (C=O) groups is 2. The van der Waals surface area contributed by atoms with Crippen molar-refractivity contribution in [2.24, 2.45) is 5.73 Å². The number of benzene rings is 2. The number of halogens is 2. The fourth-order valence-electron chi connectivity index (χ4n) is 5.90. The molecule has 2 unspecified atom stereocenters. The van der Waals surface area contributed by atoms with Crippen molar-refractivity contribution < 1.29 is 22.7 Å². The van der Waals surface area contributed by atoms with Crippen LogP contribution < -0.4 is 15.2 Å². The molecule has 11 nitrogen and oxygen atoms in total. The Balaban J connectivity index is 1.40. The highest BCUT2D eigenvalue weighted by atomic mass is 35.5. The quantitative estimate of drug-likeness (QED) is 0.253. The Morgan fingerprint density at radius 2 is 1.71 bits per heavy atom. The van der Waals surface area contributed by atoms with Gasteiger partial charge in [-0.15, -0.1) is 0 Å². The van der Waals surface area contributed by atoms with Gasteiger partial charge in [-0.1, -0.05) is 35.3 Å². The molecule has 1 fully saturated rings. The fraction of sp³-hybridized carbons (Fsp3) is 0.514. The van der Waals surface area contributed by atoms with Crippen molar-refractivity contribution in [2.75, 3.05) is 40.3 Å². The van der Waals surface area contributed by atoms with E-state index in [0.717, 1.165) is 29.5 Å². The van der Waals surface area contributed by atoms with Crippen LogP contribution in [0.3, 0.4) is 0 Å². The molecule has 0 bridgehead atoms. The van der Waals surface area contributed by atoms with Gasteiger partial charge in [0.05, 0.1) is 5.02 Å². The molecule has 1 aliphatic heterocycles. The molecule has 2 heterocycles. The van der Waals surface area contributed by atoms with E-state index in [4.69, 9.17) is 33.7 Å². The van der Waals surface area contributed by atoms with E-state index in [1.807, 2.05) is 46.1 Å². The number of amides is 2. The fourth-order valence-corrected chi connectivity index (χ4v) is 8.16. The van der Waals surface area contributed by atoms with Gasteiger partial charge in [-0.25, -0.2) is 13.4 Å². The number of hydrogen-bond acceptors (Lipinski definition) is 8. The van der Waals surface area contributed by atoms with Gasteiger partial charge in [-0.3, -0.25) is 9.59 Å². The minimum Gasteiger partial charge on any atom is -0.487 e. The molecule has 3 N–H and O–H groups in total. The smallest absolute Gasteiger partial charge is 0.243 e. The third-order valence-corrected chi connectivity index (χ3v) is 11.7. The van der Waals surface area contributed by atoms with Crippen LogP contribution in [0.25, 0.3) is 10.9 Å². The molecule has 0 aliphatic carbocycles. The first kappa shape index (κ1) is 38.8. The van der Waals surface area contributed by atoms with Crippen LogP contribution in [0.2, 0.25) is 10.0 Å². The Kier molecular flexibility index (Phi) is 12.6. The summed E-state index contributed by atoms with van der Waals surface area (Å²) in [4.78, 5) is 36.3. The largest absolute Gasteiger partial charge is 0.487 e. The summed E-state index contributed by atoms with van der Waals surface area (Å²) in [6.07, 6.45) is 1.88. The molecule has 268 valence electrons. The number of para-hydroxylation sites is 1. The minimum absolute atomic E-state index is 0.0452. The maximum atomic E-state index is 13.7. The first-order valence-corrected chi connectivity index (χ1v) is 18.6. The molecule has 1 saturated heterocycles. The van der Waals surface area contributed by atoms with Crippen LogP contribution in [0, 0.1) is 13.8 Å². The van der Waals surface area contributed by atoms with Gasteiger partial charge in [0, 0.05) is 66.3 Å². The summed E-state index contributed by atoms with van der Waals surface area (Å²) in [6, 6.07) is 10.5.